The molecule has 1 rings (SSSR count). The Morgan fingerprint density at radius 1 is 1.56 bits per heavy atom. The van der Waals surface area contributed by atoms with Crippen molar-refractivity contribution in [3.63, 3.8) is 0 Å². The number of benzene rings is 1. The number of nitrogens with two attached hydrogens (primary N) is 1. The van der Waals surface area contributed by atoms with Gasteiger partial charge in [-0.1, -0.05) is 0 Å². The topological polar surface area (TPSA) is 96.0 Å². The van der Waals surface area contributed by atoms with Crippen LogP contribution in [0.5, 0.6) is 0 Å². The van der Waals surface area contributed by atoms with Gasteiger partial charge < -0.3 is 5.73 Å². The molecule has 0 radical (unpaired) electrons. The van der Waals surface area contributed by atoms with Gasteiger partial charge in [-0.25, -0.2) is 17.5 Å². The van der Waals surface area contributed by atoms with E-state index in [2.05, 4.69) is 4.72 Å². The van der Waals surface area contributed by atoms with Gasteiger partial charge in [-0.05, 0) is 37.6 Å². The molecular weight excluding hydrogens is 257 g/mol. The number of hydrogen-bond donors (Lipinski definition) is 3. The second-order valence-electron chi connectivity index (χ2n) is 4.16. The molecule has 5 nitrogen and oxygen atoms in total. The lowest BCUT2D eigenvalue weighted by atomic mass is 10.2. The van der Waals surface area contributed by atoms with E-state index < -0.39 is 21.9 Å². The van der Waals surface area contributed by atoms with Gasteiger partial charge in [0, 0.05) is 12.5 Å². The van der Waals surface area contributed by atoms with Crippen LogP contribution >= 0.6 is 0 Å². The molecule has 0 aromatic heterocycles. The van der Waals surface area contributed by atoms with E-state index in [1.165, 1.54) is 13.0 Å². The number of rotatable bonds is 5. The summed E-state index contributed by atoms with van der Waals surface area (Å²) in [5.41, 5.74) is 5.53. The zero-order valence-electron chi connectivity index (χ0n) is 10.2. The van der Waals surface area contributed by atoms with E-state index in [-0.39, 0.29) is 17.2 Å². The lowest BCUT2D eigenvalue weighted by Crippen LogP contribution is -2.35. The zero-order valence-corrected chi connectivity index (χ0v) is 11.0. The highest BCUT2D eigenvalue weighted by Crippen LogP contribution is 2.16. The van der Waals surface area contributed by atoms with Crippen molar-refractivity contribution in [2.24, 2.45) is 5.73 Å². The maximum absolute atomic E-state index is 12.9. The molecule has 0 bridgehead atoms. The van der Waals surface area contributed by atoms with Gasteiger partial charge in [-0.15, -0.1) is 0 Å². The summed E-state index contributed by atoms with van der Waals surface area (Å²) < 4.78 is 39.3. The fraction of sp³-hybridized carbons (Fsp3) is 0.364. The average Bonchev–Trinajstić information content (AvgIpc) is 2.13. The van der Waals surface area contributed by atoms with E-state index in [9.17, 15) is 12.8 Å². The first-order chi connectivity index (χ1) is 8.22. The van der Waals surface area contributed by atoms with Crippen molar-refractivity contribution in [2.45, 2.75) is 31.2 Å². The van der Waals surface area contributed by atoms with E-state index in [1.54, 1.807) is 6.92 Å². The molecule has 1 unspecified atom stereocenters. The minimum absolute atomic E-state index is 0.0271. The third kappa shape index (κ3) is 3.78. The van der Waals surface area contributed by atoms with Gasteiger partial charge in [-0.3, -0.25) is 5.41 Å². The van der Waals surface area contributed by atoms with Crippen molar-refractivity contribution >= 4 is 15.9 Å². The van der Waals surface area contributed by atoms with Gasteiger partial charge in [0.15, 0.2) is 0 Å². The second kappa shape index (κ2) is 5.45. The molecule has 7 heteroatoms. The highest BCUT2D eigenvalue weighted by Gasteiger charge is 2.20. The highest BCUT2D eigenvalue weighted by atomic mass is 32.2. The molecule has 0 aliphatic carbocycles. The van der Waals surface area contributed by atoms with Crippen LogP contribution in [-0.2, 0) is 10.0 Å². The third-order valence-corrected chi connectivity index (χ3v) is 4.06. The number of aryl methyl sites for hydroxylation is 1. The molecule has 1 atom stereocenters. The molecule has 0 spiro atoms. The van der Waals surface area contributed by atoms with Crippen LogP contribution in [0.25, 0.3) is 0 Å². The van der Waals surface area contributed by atoms with Gasteiger partial charge in [0.25, 0.3) is 0 Å². The molecule has 18 heavy (non-hydrogen) atoms. The van der Waals surface area contributed by atoms with E-state index in [0.717, 1.165) is 12.1 Å². The summed E-state index contributed by atoms with van der Waals surface area (Å²) in [5.74, 6) is -0.579. The van der Waals surface area contributed by atoms with Gasteiger partial charge >= 0.3 is 0 Å². The molecule has 1 aromatic rings. The van der Waals surface area contributed by atoms with Crippen LogP contribution in [-0.4, -0.2) is 20.3 Å². The molecule has 100 valence electrons. The summed E-state index contributed by atoms with van der Waals surface area (Å²) in [6, 6.07) is 2.98. The van der Waals surface area contributed by atoms with Crippen LogP contribution in [0, 0.1) is 18.2 Å². The van der Waals surface area contributed by atoms with E-state index in [4.69, 9.17) is 11.1 Å². The minimum Gasteiger partial charge on any atom is -0.388 e. The Bertz CT molecular complexity index is 557. The second-order valence-corrected chi connectivity index (χ2v) is 5.84. The van der Waals surface area contributed by atoms with Crippen molar-refractivity contribution in [3.05, 3.63) is 29.6 Å². The predicted octanol–water partition coefficient (Wildman–Crippen LogP) is 1.13. The Kier molecular flexibility index (Phi) is 4.42. The van der Waals surface area contributed by atoms with E-state index in [0.29, 0.717) is 5.56 Å². The van der Waals surface area contributed by atoms with Crippen molar-refractivity contribution in [2.75, 3.05) is 0 Å². The maximum atomic E-state index is 12.9. The van der Waals surface area contributed by atoms with Crippen molar-refractivity contribution in [1.29, 1.82) is 5.41 Å². The third-order valence-electron chi connectivity index (χ3n) is 2.31. The van der Waals surface area contributed by atoms with Gasteiger partial charge in [0.05, 0.1) is 10.7 Å². The van der Waals surface area contributed by atoms with Gasteiger partial charge in [0.1, 0.15) is 5.82 Å². The van der Waals surface area contributed by atoms with Crippen LogP contribution in [0.3, 0.4) is 0 Å². The minimum atomic E-state index is -3.72. The van der Waals surface area contributed by atoms with Crippen LogP contribution in [0.2, 0.25) is 0 Å². The zero-order chi connectivity index (χ0) is 13.9. The van der Waals surface area contributed by atoms with Crippen LogP contribution < -0.4 is 10.5 Å². The summed E-state index contributed by atoms with van der Waals surface area (Å²) in [4.78, 5) is 0.0271. The Morgan fingerprint density at radius 3 is 2.67 bits per heavy atom. The SMILES string of the molecule is Cc1cc(F)ccc1S(=O)(=O)NC(C)CC(=N)N. The highest BCUT2D eigenvalue weighted by molar-refractivity contribution is 7.89. The lowest BCUT2D eigenvalue weighted by molar-refractivity contribution is 0.563. The monoisotopic (exact) mass is 273 g/mol. The molecule has 0 saturated carbocycles. The molecule has 0 amide bonds. The van der Waals surface area contributed by atoms with Crippen LogP contribution in [0.15, 0.2) is 23.1 Å². The lowest BCUT2D eigenvalue weighted by Gasteiger charge is -2.14. The smallest absolute Gasteiger partial charge is 0.241 e. The standard InChI is InChI=1S/C11H16FN3O2S/c1-7-5-9(12)3-4-10(7)18(16,17)15-8(2)6-11(13)14/h3-5,8,15H,6H2,1-2H3,(H3,13,14). The summed E-state index contributed by atoms with van der Waals surface area (Å²) >= 11 is 0. The van der Waals surface area contributed by atoms with Crippen molar-refractivity contribution in [1.82, 2.24) is 4.72 Å². The molecule has 0 fully saturated rings. The van der Waals surface area contributed by atoms with Crippen molar-refractivity contribution in [3.8, 4) is 0 Å². The number of nitrogens with one attached hydrogen (secondary N) is 2. The number of hydrogen-bond acceptors (Lipinski definition) is 3. The number of amidine groups is 1. The van der Waals surface area contributed by atoms with Gasteiger partial charge in [-0.2, -0.15) is 0 Å². The van der Waals surface area contributed by atoms with E-state index >= 15 is 0 Å². The van der Waals surface area contributed by atoms with Gasteiger partial charge in [0.2, 0.25) is 10.0 Å². The molecule has 1 aromatic carbocycles. The molecular formula is C11H16FN3O2S. The summed E-state index contributed by atoms with van der Waals surface area (Å²) in [6.45, 7) is 3.13. The normalized spacial score (nSPS) is 13.3. The largest absolute Gasteiger partial charge is 0.388 e. The number of sulfonamides is 1. The summed E-state index contributed by atoms with van der Waals surface area (Å²) in [6.07, 6.45) is 0.124. The van der Waals surface area contributed by atoms with Crippen LogP contribution in [0.1, 0.15) is 18.9 Å². The van der Waals surface area contributed by atoms with E-state index in [1.807, 2.05) is 0 Å². The first-order valence-corrected chi connectivity index (χ1v) is 6.82. The predicted molar refractivity (Wildman–Crippen MR) is 67.5 cm³/mol. The fourth-order valence-electron chi connectivity index (χ4n) is 1.61. The molecule has 0 saturated heterocycles. The number of halogens is 1. The Morgan fingerprint density at radius 2 is 2.17 bits per heavy atom. The summed E-state index contributed by atoms with van der Waals surface area (Å²) in [5, 5.41) is 7.10. The molecule has 0 aliphatic rings. The van der Waals surface area contributed by atoms with Crippen LogP contribution in [0.4, 0.5) is 4.39 Å². The average molecular weight is 273 g/mol. The Balaban J connectivity index is 2.96. The van der Waals surface area contributed by atoms with Crippen molar-refractivity contribution < 1.29 is 12.8 Å². The molecule has 4 N–H and O–H groups in total. The maximum Gasteiger partial charge on any atom is 0.241 e. The first-order valence-electron chi connectivity index (χ1n) is 5.34. The summed E-state index contributed by atoms with van der Waals surface area (Å²) in [7, 11) is -3.72. The Hall–Kier alpha value is -1.47. The Labute approximate surface area is 106 Å². The quantitative estimate of drug-likeness (QED) is 0.554. The molecule has 0 heterocycles. The molecule has 0 aliphatic heterocycles. The first kappa shape index (κ1) is 14.6. The fourth-order valence-corrected chi connectivity index (χ4v) is 3.08.